The van der Waals surface area contributed by atoms with E-state index < -0.39 is 12.2 Å². The lowest BCUT2D eigenvalue weighted by Crippen LogP contribution is -2.19. The summed E-state index contributed by atoms with van der Waals surface area (Å²) >= 11 is 19.7. The van der Waals surface area contributed by atoms with Crippen LogP contribution in [0.5, 0.6) is 5.75 Å². The highest BCUT2D eigenvalue weighted by molar-refractivity contribution is 7.99. The van der Waals surface area contributed by atoms with E-state index in [4.69, 9.17) is 49.4 Å². The van der Waals surface area contributed by atoms with Gasteiger partial charge < -0.3 is 24.8 Å². The normalized spacial score (nSPS) is 13.4. The number of rotatable bonds is 11. The molecule has 154 valence electrons. The zero-order chi connectivity index (χ0) is 20.5. The zero-order valence-corrected chi connectivity index (χ0v) is 17.9. The molecule has 0 radical (unpaired) electrons. The number of alkyl halides is 1. The van der Waals surface area contributed by atoms with Gasteiger partial charge in [0.15, 0.2) is 0 Å². The van der Waals surface area contributed by atoms with Crippen molar-refractivity contribution in [2.45, 2.75) is 28.6 Å². The molecule has 2 atom stereocenters. The van der Waals surface area contributed by atoms with E-state index in [0.29, 0.717) is 21.4 Å². The molecule has 0 heterocycles. The van der Waals surface area contributed by atoms with Crippen molar-refractivity contribution in [1.82, 2.24) is 0 Å². The molecule has 0 saturated heterocycles. The number of benzene rings is 2. The molecule has 28 heavy (non-hydrogen) atoms. The first kappa shape index (κ1) is 23.6. The van der Waals surface area contributed by atoms with E-state index in [1.807, 2.05) is 12.1 Å². The lowest BCUT2D eigenvalue weighted by molar-refractivity contribution is 0.0000541. The average Bonchev–Trinajstić information content (AvgIpc) is 2.69. The Labute approximate surface area is 183 Å². The summed E-state index contributed by atoms with van der Waals surface area (Å²) in [6.45, 7) is -0.0932. The Morgan fingerprint density at radius 1 is 0.929 bits per heavy atom. The van der Waals surface area contributed by atoms with Crippen molar-refractivity contribution >= 4 is 46.6 Å². The Morgan fingerprint density at radius 2 is 1.57 bits per heavy atom. The van der Waals surface area contributed by atoms with Crippen LogP contribution in [0.1, 0.15) is 5.56 Å². The maximum atomic E-state index is 9.42. The molecule has 2 aromatic carbocycles. The lowest BCUT2D eigenvalue weighted by Gasteiger charge is -2.13. The molecule has 0 aromatic heterocycles. The van der Waals surface area contributed by atoms with Crippen LogP contribution in [0, 0.1) is 0 Å². The molecule has 0 aliphatic heterocycles. The number of ether oxygens (including phenoxy) is 2. The predicted octanol–water partition coefficient (Wildman–Crippen LogP) is 3.99. The van der Waals surface area contributed by atoms with Gasteiger partial charge in [-0.3, -0.25) is 0 Å². The van der Waals surface area contributed by atoms with Crippen molar-refractivity contribution in [2.75, 3.05) is 25.7 Å². The van der Waals surface area contributed by atoms with Crippen LogP contribution in [0.15, 0.2) is 46.2 Å². The van der Waals surface area contributed by atoms with E-state index in [-0.39, 0.29) is 32.3 Å². The van der Waals surface area contributed by atoms with E-state index in [2.05, 4.69) is 0 Å². The summed E-state index contributed by atoms with van der Waals surface area (Å²) in [4.78, 5) is 1.83. The topological polar surface area (TPSA) is 79.2 Å². The largest absolute Gasteiger partial charge is 0.491 e. The smallest absolute Gasteiger partial charge is 0.119 e. The molecular formula is C19H21Cl3O5S. The molecule has 0 spiro atoms. The van der Waals surface area contributed by atoms with E-state index in [1.54, 1.807) is 24.3 Å². The third kappa shape index (κ3) is 7.61. The van der Waals surface area contributed by atoms with Gasteiger partial charge in [0.25, 0.3) is 0 Å². The van der Waals surface area contributed by atoms with Gasteiger partial charge in [0.05, 0.1) is 25.7 Å². The third-order valence-electron chi connectivity index (χ3n) is 3.56. The van der Waals surface area contributed by atoms with Crippen LogP contribution in [-0.2, 0) is 11.3 Å². The fraction of sp³-hybridized carbons (Fsp3) is 0.368. The highest BCUT2D eigenvalue weighted by Gasteiger charge is 2.11. The van der Waals surface area contributed by atoms with E-state index in [0.717, 1.165) is 9.79 Å². The summed E-state index contributed by atoms with van der Waals surface area (Å²) in [7, 11) is 0. The van der Waals surface area contributed by atoms with Gasteiger partial charge in [0.1, 0.15) is 24.6 Å². The van der Waals surface area contributed by atoms with Crippen molar-refractivity contribution in [2.24, 2.45) is 0 Å². The van der Waals surface area contributed by atoms with Crippen LogP contribution < -0.4 is 4.74 Å². The fourth-order valence-corrected chi connectivity index (χ4v) is 3.82. The van der Waals surface area contributed by atoms with Gasteiger partial charge in [-0.2, -0.15) is 0 Å². The van der Waals surface area contributed by atoms with Crippen molar-refractivity contribution in [3.05, 3.63) is 52.0 Å². The molecule has 0 aliphatic carbocycles. The lowest BCUT2D eigenvalue weighted by atomic mass is 10.2. The monoisotopic (exact) mass is 466 g/mol. The molecule has 5 nitrogen and oxygen atoms in total. The Morgan fingerprint density at radius 3 is 2.14 bits per heavy atom. The van der Waals surface area contributed by atoms with Crippen LogP contribution in [0.3, 0.4) is 0 Å². The number of halogens is 3. The molecule has 2 unspecified atom stereocenters. The second kappa shape index (κ2) is 12.1. The molecule has 3 N–H and O–H groups in total. The minimum Gasteiger partial charge on any atom is -0.491 e. The van der Waals surface area contributed by atoms with Gasteiger partial charge in [-0.15, -0.1) is 11.6 Å². The summed E-state index contributed by atoms with van der Waals surface area (Å²) < 4.78 is 10.8. The molecule has 0 bridgehead atoms. The van der Waals surface area contributed by atoms with Crippen LogP contribution >= 0.6 is 46.6 Å². The molecule has 0 saturated carbocycles. The van der Waals surface area contributed by atoms with Crippen LogP contribution in [-0.4, -0.2) is 53.2 Å². The first-order valence-corrected chi connectivity index (χ1v) is 10.5. The van der Waals surface area contributed by atoms with Gasteiger partial charge >= 0.3 is 0 Å². The molecular weight excluding hydrogens is 447 g/mol. The maximum Gasteiger partial charge on any atom is 0.119 e. The number of hydrogen-bond acceptors (Lipinski definition) is 6. The van der Waals surface area contributed by atoms with Gasteiger partial charge in [0, 0.05) is 25.4 Å². The number of aliphatic hydroxyl groups is 3. The Kier molecular flexibility index (Phi) is 10.2. The average molecular weight is 468 g/mol. The summed E-state index contributed by atoms with van der Waals surface area (Å²) in [6.07, 6.45) is -1.63. The molecule has 0 fully saturated rings. The molecule has 2 aromatic rings. The van der Waals surface area contributed by atoms with Crippen LogP contribution in [0.4, 0.5) is 0 Å². The minimum atomic E-state index is -0.933. The molecule has 0 amide bonds. The summed E-state index contributed by atoms with van der Waals surface area (Å²) in [5, 5.41) is 28.4. The Hall–Kier alpha value is -0.700. The molecule has 2 rings (SSSR count). The molecule has 0 aliphatic rings. The number of aliphatic hydroxyl groups excluding tert-OH is 3. The highest BCUT2D eigenvalue weighted by Crippen LogP contribution is 2.35. The Balaban J connectivity index is 1.96. The predicted molar refractivity (Wildman–Crippen MR) is 112 cm³/mol. The fourth-order valence-electron chi connectivity index (χ4n) is 2.10. The summed E-state index contributed by atoms with van der Waals surface area (Å²) in [6, 6.07) is 11.0. The van der Waals surface area contributed by atoms with E-state index in [1.165, 1.54) is 11.8 Å². The van der Waals surface area contributed by atoms with Crippen molar-refractivity contribution in [3.63, 3.8) is 0 Å². The third-order valence-corrected chi connectivity index (χ3v) is 5.57. The number of hydrogen-bond donors (Lipinski definition) is 3. The second-order valence-electron chi connectivity index (χ2n) is 5.91. The van der Waals surface area contributed by atoms with Crippen molar-refractivity contribution < 1.29 is 24.8 Å². The van der Waals surface area contributed by atoms with Crippen LogP contribution in [0.2, 0.25) is 10.0 Å². The van der Waals surface area contributed by atoms with E-state index in [9.17, 15) is 10.2 Å². The highest BCUT2D eigenvalue weighted by atomic mass is 35.5. The first-order chi connectivity index (χ1) is 13.4. The summed E-state index contributed by atoms with van der Waals surface area (Å²) in [5.74, 6) is 0.764. The summed E-state index contributed by atoms with van der Waals surface area (Å²) in [5.41, 5.74) is 0.624. The van der Waals surface area contributed by atoms with Crippen molar-refractivity contribution in [3.8, 4) is 5.75 Å². The zero-order valence-electron chi connectivity index (χ0n) is 14.9. The SMILES string of the molecule is OCC(O)COCc1c(Cl)cc(Sc2ccc(OCC(O)CCl)cc2)cc1Cl. The minimum absolute atomic E-state index is 0.00397. The quantitative estimate of drug-likeness (QED) is 0.434. The van der Waals surface area contributed by atoms with Crippen LogP contribution in [0.25, 0.3) is 0 Å². The second-order valence-corrected chi connectivity index (χ2v) is 8.18. The van der Waals surface area contributed by atoms with Gasteiger partial charge in [-0.05, 0) is 36.4 Å². The standard InChI is InChI=1S/C19H21Cl3O5S/c20-7-12(24)10-27-14-1-3-15(4-2-14)28-16-5-18(21)17(19(22)6-16)11-26-9-13(25)8-23/h1-6,12-13,23-25H,7-11H2. The van der Waals surface area contributed by atoms with E-state index >= 15 is 0 Å². The molecule has 9 heteroatoms. The first-order valence-electron chi connectivity index (χ1n) is 8.42. The van der Waals surface area contributed by atoms with Crippen molar-refractivity contribution in [1.29, 1.82) is 0 Å². The van der Waals surface area contributed by atoms with Gasteiger partial charge in [-0.1, -0.05) is 35.0 Å². The Bertz CT molecular complexity index is 722. The van der Waals surface area contributed by atoms with Gasteiger partial charge in [-0.25, -0.2) is 0 Å². The maximum absolute atomic E-state index is 9.42. The van der Waals surface area contributed by atoms with Gasteiger partial charge in [0.2, 0.25) is 0 Å².